The lowest BCUT2D eigenvalue weighted by Crippen LogP contribution is -2.36. The van der Waals surface area contributed by atoms with E-state index in [2.05, 4.69) is 5.32 Å². The maximum absolute atomic E-state index is 12.3. The lowest BCUT2D eigenvalue weighted by Gasteiger charge is -2.16. The number of halogens is 3. The predicted molar refractivity (Wildman–Crippen MR) is 76.0 cm³/mol. The maximum Gasteiger partial charge on any atom is 0.391 e. The Labute approximate surface area is 119 Å². The molecule has 3 N–H and O–H groups in total. The number of carbonyl (C=O) groups excluding carboxylic acids is 1. The molecule has 2 rings (SSSR count). The first-order chi connectivity index (χ1) is 9.76. The van der Waals surface area contributed by atoms with Crippen molar-refractivity contribution in [3.8, 4) is 0 Å². The Morgan fingerprint density at radius 3 is 2.38 bits per heavy atom. The Morgan fingerprint density at radius 1 is 1.24 bits per heavy atom. The molecular formula is C15H15F3N2O. The average Bonchev–Trinajstić information content (AvgIpc) is 2.35. The molecule has 1 unspecified atom stereocenters. The quantitative estimate of drug-likeness (QED) is 0.852. The van der Waals surface area contributed by atoms with Gasteiger partial charge in [-0.2, -0.15) is 13.2 Å². The van der Waals surface area contributed by atoms with Gasteiger partial charge in [-0.1, -0.05) is 24.3 Å². The van der Waals surface area contributed by atoms with Gasteiger partial charge < -0.3 is 11.1 Å². The second-order valence-corrected chi connectivity index (χ2v) is 4.98. The maximum atomic E-state index is 12.3. The SMILES string of the molecule is CC(CC(F)(F)F)NC(=O)c1cc2ccccc2cc1N. The summed E-state index contributed by atoms with van der Waals surface area (Å²) in [6.45, 7) is 1.31. The van der Waals surface area contributed by atoms with Crippen LogP contribution in [0.15, 0.2) is 36.4 Å². The van der Waals surface area contributed by atoms with Gasteiger partial charge in [-0.25, -0.2) is 0 Å². The Kier molecular flexibility index (Phi) is 4.06. The van der Waals surface area contributed by atoms with Crippen LogP contribution < -0.4 is 11.1 Å². The van der Waals surface area contributed by atoms with Crippen molar-refractivity contribution >= 4 is 22.4 Å². The summed E-state index contributed by atoms with van der Waals surface area (Å²) in [5, 5.41) is 4.00. The van der Waals surface area contributed by atoms with Crippen LogP contribution in [0.3, 0.4) is 0 Å². The van der Waals surface area contributed by atoms with Gasteiger partial charge in [-0.05, 0) is 29.8 Å². The van der Waals surface area contributed by atoms with Gasteiger partial charge in [-0.3, -0.25) is 4.79 Å². The number of rotatable bonds is 3. The fourth-order valence-electron chi connectivity index (χ4n) is 2.15. The van der Waals surface area contributed by atoms with E-state index >= 15 is 0 Å². The van der Waals surface area contributed by atoms with E-state index in [0.717, 1.165) is 10.8 Å². The van der Waals surface area contributed by atoms with Crippen LogP contribution in [0.4, 0.5) is 18.9 Å². The highest BCUT2D eigenvalue weighted by Crippen LogP contribution is 2.24. The molecule has 2 aromatic carbocycles. The van der Waals surface area contributed by atoms with Crippen molar-refractivity contribution in [2.45, 2.75) is 25.6 Å². The van der Waals surface area contributed by atoms with Crippen LogP contribution in [0.5, 0.6) is 0 Å². The summed E-state index contributed by atoms with van der Waals surface area (Å²) in [5.74, 6) is -0.602. The minimum Gasteiger partial charge on any atom is -0.398 e. The number of benzene rings is 2. The zero-order valence-electron chi connectivity index (χ0n) is 11.4. The van der Waals surface area contributed by atoms with E-state index in [1.807, 2.05) is 24.3 Å². The average molecular weight is 296 g/mol. The number of fused-ring (bicyclic) bond motifs is 1. The van der Waals surface area contributed by atoms with Crippen LogP contribution in [0, 0.1) is 0 Å². The topological polar surface area (TPSA) is 55.1 Å². The summed E-state index contributed by atoms with van der Waals surface area (Å²) >= 11 is 0. The number of hydrogen-bond acceptors (Lipinski definition) is 2. The van der Waals surface area contributed by atoms with Crippen LogP contribution in [0.2, 0.25) is 0 Å². The molecule has 0 aliphatic carbocycles. The number of nitrogens with one attached hydrogen (secondary N) is 1. The van der Waals surface area contributed by atoms with Gasteiger partial charge >= 0.3 is 6.18 Å². The normalized spacial score (nSPS) is 13.1. The van der Waals surface area contributed by atoms with E-state index < -0.39 is 24.5 Å². The molecule has 0 radical (unpaired) electrons. The van der Waals surface area contributed by atoms with Gasteiger partial charge in [0.25, 0.3) is 5.91 Å². The molecule has 0 aliphatic rings. The number of amides is 1. The Bertz CT molecular complexity index is 668. The predicted octanol–water partition coefficient (Wildman–Crippen LogP) is 3.49. The third kappa shape index (κ3) is 3.87. The molecule has 1 amide bonds. The molecule has 0 heterocycles. The number of nitrogens with two attached hydrogens (primary N) is 1. The lowest BCUT2D eigenvalue weighted by molar-refractivity contribution is -0.138. The largest absolute Gasteiger partial charge is 0.398 e. The van der Waals surface area contributed by atoms with Crippen LogP contribution >= 0.6 is 0 Å². The van der Waals surface area contributed by atoms with E-state index in [-0.39, 0.29) is 11.3 Å². The molecule has 2 aromatic rings. The Balaban J connectivity index is 2.21. The number of carbonyl (C=O) groups is 1. The molecule has 0 saturated heterocycles. The molecule has 6 heteroatoms. The molecule has 112 valence electrons. The number of alkyl halides is 3. The van der Waals surface area contributed by atoms with Crippen LogP contribution in [0.1, 0.15) is 23.7 Å². The third-order valence-corrected chi connectivity index (χ3v) is 3.08. The molecule has 0 aromatic heterocycles. The van der Waals surface area contributed by atoms with Crippen molar-refractivity contribution < 1.29 is 18.0 Å². The van der Waals surface area contributed by atoms with E-state index in [0.29, 0.717) is 0 Å². The van der Waals surface area contributed by atoms with Gasteiger partial charge in [0.05, 0.1) is 12.0 Å². The first kappa shape index (κ1) is 15.2. The van der Waals surface area contributed by atoms with Gasteiger partial charge in [0.15, 0.2) is 0 Å². The second kappa shape index (κ2) is 5.63. The third-order valence-electron chi connectivity index (χ3n) is 3.08. The van der Waals surface area contributed by atoms with Crippen LogP contribution in [0.25, 0.3) is 10.8 Å². The molecule has 3 nitrogen and oxygen atoms in total. The summed E-state index contributed by atoms with van der Waals surface area (Å²) in [6.07, 6.45) is -5.39. The Morgan fingerprint density at radius 2 is 1.81 bits per heavy atom. The molecule has 0 fully saturated rings. The zero-order chi connectivity index (χ0) is 15.6. The van der Waals surface area contributed by atoms with Crippen molar-refractivity contribution in [2.75, 3.05) is 5.73 Å². The number of hydrogen-bond donors (Lipinski definition) is 2. The molecular weight excluding hydrogens is 281 g/mol. The fraction of sp³-hybridized carbons (Fsp3) is 0.267. The monoisotopic (exact) mass is 296 g/mol. The van der Waals surface area contributed by atoms with Crippen molar-refractivity contribution in [1.29, 1.82) is 0 Å². The van der Waals surface area contributed by atoms with Gasteiger partial charge in [-0.15, -0.1) is 0 Å². The van der Waals surface area contributed by atoms with E-state index in [1.54, 1.807) is 12.1 Å². The summed E-state index contributed by atoms with van der Waals surface area (Å²) in [4.78, 5) is 12.0. The van der Waals surface area contributed by atoms with E-state index in [9.17, 15) is 18.0 Å². The number of nitrogen functional groups attached to an aromatic ring is 1. The summed E-state index contributed by atoms with van der Waals surface area (Å²) < 4.78 is 36.8. The molecule has 0 aliphatic heterocycles. The molecule has 1 atom stereocenters. The second-order valence-electron chi connectivity index (χ2n) is 4.98. The highest BCUT2D eigenvalue weighted by atomic mass is 19.4. The van der Waals surface area contributed by atoms with E-state index in [1.165, 1.54) is 6.92 Å². The van der Waals surface area contributed by atoms with Crippen LogP contribution in [-0.2, 0) is 0 Å². The minimum atomic E-state index is -4.32. The van der Waals surface area contributed by atoms with Crippen molar-refractivity contribution in [3.05, 3.63) is 42.0 Å². The molecule has 21 heavy (non-hydrogen) atoms. The minimum absolute atomic E-state index is 0.183. The molecule has 0 saturated carbocycles. The molecule has 0 spiro atoms. The van der Waals surface area contributed by atoms with Crippen molar-refractivity contribution in [1.82, 2.24) is 5.32 Å². The van der Waals surface area contributed by atoms with E-state index in [4.69, 9.17) is 5.73 Å². The fourth-order valence-corrected chi connectivity index (χ4v) is 2.15. The van der Waals surface area contributed by atoms with Crippen molar-refractivity contribution in [3.63, 3.8) is 0 Å². The smallest absolute Gasteiger partial charge is 0.391 e. The summed E-state index contributed by atoms with van der Waals surface area (Å²) in [7, 11) is 0. The highest BCUT2D eigenvalue weighted by Gasteiger charge is 2.30. The highest BCUT2D eigenvalue weighted by molar-refractivity contribution is 6.04. The van der Waals surface area contributed by atoms with Gasteiger partial charge in [0.1, 0.15) is 0 Å². The zero-order valence-corrected chi connectivity index (χ0v) is 11.4. The molecule has 0 bridgehead atoms. The van der Waals surface area contributed by atoms with Crippen LogP contribution in [-0.4, -0.2) is 18.1 Å². The standard InChI is InChI=1S/C15H15F3N2O/c1-9(8-15(16,17)18)20-14(21)12-6-10-4-2-3-5-11(10)7-13(12)19/h2-7,9H,8,19H2,1H3,(H,20,21). The summed E-state index contributed by atoms with van der Waals surface area (Å²) in [5.41, 5.74) is 6.23. The van der Waals surface area contributed by atoms with Gasteiger partial charge in [0, 0.05) is 11.7 Å². The summed E-state index contributed by atoms with van der Waals surface area (Å²) in [6, 6.07) is 9.52. The first-order valence-electron chi connectivity index (χ1n) is 6.42. The lowest BCUT2D eigenvalue weighted by atomic mass is 10.0. The first-order valence-corrected chi connectivity index (χ1v) is 6.42. The Hall–Kier alpha value is -2.24. The number of anilines is 1. The van der Waals surface area contributed by atoms with Crippen molar-refractivity contribution in [2.24, 2.45) is 0 Å². The van der Waals surface area contributed by atoms with Gasteiger partial charge in [0.2, 0.25) is 0 Å².